The molecule has 28 heavy (non-hydrogen) atoms. The van der Waals surface area contributed by atoms with E-state index in [0.717, 1.165) is 10.9 Å². The molecule has 0 bridgehead atoms. The standard InChI is InChI=1S/C19H15N3O4S2/c1-12-22-18(11-27-12)28(24,25)15-4-2-13(3-5-15)9-21-19(23)16-8-14-6-7-20-10-17(14)26-16/h2-8,10-11H,9H2,1H3,(H,21,23). The molecule has 1 aromatic carbocycles. The lowest BCUT2D eigenvalue weighted by molar-refractivity contribution is 0.0925. The van der Waals surface area contributed by atoms with Crippen molar-refractivity contribution in [1.82, 2.24) is 15.3 Å². The molecule has 0 saturated heterocycles. The van der Waals surface area contributed by atoms with Crippen LogP contribution in [0.3, 0.4) is 0 Å². The number of carbonyl (C=O) groups excluding carboxylic acids is 1. The summed E-state index contributed by atoms with van der Waals surface area (Å²) in [5.41, 5.74) is 1.30. The van der Waals surface area contributed by atoms with Crippen molar-refractivity contribution in [2.45, 2.75) is 23.4 Å². The van der Waals surface area contributed by atoms with Crippen molar-refractivity contribution in [2.75, 3.05) is 0 Å². The number of rotatable bonds is 5. The molecule has 1 amide bonds. The zero-order valence-electron chi connectivity index (χ0n) is 14.7. The van der Waals surface area contributed by atoms with E-state index in [0.29, 0.717) is 10.6 Å². The average Bonchev–Trinajstić information content (AvgIpc) is 3.33. The maximum atomic E-state index is 12.6. The third-order valence-corrected chi connectivity index (χ3v) is 6.68. The van der Waals surface area contributed by atoms with E-state index in [1.54, 1.807) is 43.6 Å². The Bertz CT molecular complexity index is 1220. The van der Waals surface area contributed by atoms with E-state index in [9.17, 15) is 13.2 Å². The Labute approximate surface area is 165 Å². The lowest BCUT2D eigenvalue weighted by atomic mass is 10.2. The van der Waals surface area contributed by atoms with Crippen LogP contribution in [0.2, 0.25) is 0 Å². The first-order valence-corrected chi connectivity index (χ1v) is 10.7. The molecule has 1 N–H and O–H groups in total. The highest BCUT2D eigenvalue weighted by Crippen LogP contribution is 2.23. The summed E-state index contributed by atoms with van der Waals surface area (Å²) in [5.74, 6) is -0.160. The number of pyridine rings is 1. The van der Waals surface area contributed by atoms with Gasteiger partial charge in [0.25, 0.3) is 5.91 Å². The molecule has 0 aliphatic heterocycles. The predicted octanol–water partition coefficient (Wildman–Crippen LogP) is 3.36. The van der Waals surface area contributed by atoms with Crippen molar-refractivity contribution < 1.29 is 17.6 Å². The maximum Gasteiger partial charge on any atom is 0.287 e. The number of benzene rings is 1. The molecule has 0 fully saturated rings. The van der Waals surface area contributed by atoms with E-state index < -0.39 is 9.84 Å². The van der Waals surface area contributed by atoms with Crippen LogP contribution < -0.4 is 5.32 Å². The summed E-state index contributed by atoms with van der Waals surface area (Å²) in [6.07, 6.45) is 3.18. The minimum atomic E-state index is -3.63. The van der Waals surface area contributed by atoms with Crippen LogP contribution >= 0.6 is 11.3 Å². The Morgan fingerprint density at radius 2 is 2.00 bits per heavy atom. The summed E-state index contributed by atoms with van der Waals surface area (Å²) < 4.78 is 30.6. The summed E-state index contributed by atoms with van der Waals surface area (Å²) >= 11 is 1.29. The third-order valence-electron chi connectivity index (χ3n) is 4.11. The first-order chi connectivity index (χ1) is 13.4. The molecule has 0 atom stereocenters. The van der Waals surface area contributed by atoms with Crippen LogP contribution in [0.15, 0.2) is 68.5 Å². The van der Waals surface area contributed by atoms with Crippen LogP contribution in [0.1, 0.15) is 21.1 Å². The van der Waals surface area contributed by atoms with Gasteiger partial charge in [0.1, 0.15) is 0 Å². The molecular weight excluding hydrogens is 398 g/mol. The summed E-state index contributed by atoms with van der Waals surface area (Å²) in [4.78, 5) is 20.4. The number of aromatic nitrogens is 2. The van der Waals surface area contributed by atoms with Crippen molar-refractivity contribution in [1.29, 1.82) is 0 Å². The first kappa shape index (κ1) is 18.3. The number of hydrogen-bond donors (Lipinski definition) is 1. The highest BCUT2D eigenvalue weighted by molar-refractivity contribution is 7.91. The van der Waals surface area contributed by atoms with Crippen LogP contribution in [0.25, 0.3) is 11.0 Å². The van der Waals surface area contributed by atoms with Gasteiger partial charge in [0, 0.05) is 23.5 Å². The number of thiazole rings is 1. The van der Waals surface area contributed by atoms with Gasteiger partial charge in [-0.3, -0.25) is 9.78 Å². The molecular formula is C19H15N3O4S2. The maximum absolute atomic E-state index is 12.6. The van der Waals surface area contributed by atoms with Crippen molar-refractivity contribution >= 4 is 38.1 Å². The smallest absolute Gasteiger partial charge is 0.287 e. The van der Waals surface area contributed by atoms with Gasteiger partial charge in [-0.15, -0.1) is 11.3 Å². The number of aryl methyl sites for hydroxylation is 1. The lowest BCUT2D eigenvalue weighted by Gasteiger charge is -2.05. The van der Waals surface area contributed by atoms with Crippen LogP contribution in [0.4, 0.5) is 0 Å². The van der Waals surface area contributed by atoms with E-state index in [-0.39, 0.29) is 28.1 Å². The highest BCUT2D eigenvalue weighted by atomic mass is 32.2. The van der Waals surface area contributed by atoms with Crippen molar-refractivity contribution in [3.8, 4) is 0 Å². The molecule has 4 aromatic rings. The van der Waals surface area contributed by atoms with Crippen LogP contribution in [-0.4, -0.2) is 24.3 Å². The molecule has 0 saturated carbocycles. The van der Waals surface area contributed by atoms with Gasteiger partial charge in [0.05, 0.1) is 16.1 Å². The van der Waals surface area contributed by atoms with Crippen LogP contribution in [0.5, 0.6) is 0 Å². The summed E-state index contributed by atoms with van der Waals surface area (Å²) in [5, 5.41) is 5.83. The van der Waals surface area contributed by atoms with Crippen molar-refractivity contribution in [2.24, 2.45) is 0 Å². The van der Waals surface area contributed by atoms with Gasteiger partial charge in [-0.05, 0) is 36.8 Å². The Kier molecular flexibility index (Phi) is 4.70. The number of furan rings is 1. The Morgan fingerprint density at radius 1 is 1.21 bits per heavy atom. The number of nitrogens with one attached hydrogen (secondary N) is 1. The van der Waals surface area contributed by atoms with E-state index >= 15 is 0 Å². The van der Waals surface area contributed by atoms with Gasteiger partial charge in [0.2, 0.25) is 9.84 Å². The van der Waals surface area contributed by atoms with Gasteiger partial charge in [-0.2, -0.15) is 0 Å². The highest BCUT2D eigenvalue weighted by Gasteiger charge is 2.20. The van der Waals surface area contributed by atoms with E-state index in [4.69, 9.17) is 4.42 Å². The molecule has 0 aliphatic carbocycles. The number of fused-ring (bicyclic) bond motifs is 1. The SMILES string of the molecule is Cc1nc(S(=O)(=O)c2ccc(CNC(=O)c3cc4ccncc4o3)cc2)cs1. The van der Waals surface area contributed by atoms with Crippen LogP contribution in [-0.2, 0) is 16.4 Å². The Morgan fingerprint density at radius 3 is 2.68 bits per heavy atom. The zero-order valence-corrected chi connectivity index (χ0v) is 16.4. The Balaban J connectivity index is 1.45. The molecule has 7 nitrogen and oxygen atoms in total. The van der Waals surface area contributed by atoms with Gasteiger partial charge < -0.3 is 9.73 Å². The van der Waals surface area contributed by atoms with Crippen LogP contribution in [0, 0.1) is 6.92 Å². The number of sulfone groups is 1. The molecule has 4 rings (SSSR count). The molecule has 0 aliphatic rings. The fraction of sp³-hybridized carbons (Fsp3) is 0.105. The van der Waals surface area contributed by atoms with E-state index in [1.807, 2.05) is 0 Å². The summed E-state index contributed by atoms with van der Waals surface area (Å²) in [6.45, 7) is 2.00. The van der Waals surface area contributed by atoms with Crippen molar-refractivity contribution in [3.05, 3.63) is 70.5 Å². The summed E-state index contributed by atoms with van der Waals surface area (Å²) in [7, 11) is -3.63. The molecule has 0 radical (unpaired) electrons. The van der Waals surface area contributed by atoms with Gasteiger partial charge >= 0.3 is 0 Å². The normalized spacial score (nSPS) is 11.6. The quantitative estimate of drug-likeness (QED) is 0.538. The van der Waals surface area contributed by atoms with Crippen molar-refractivity contribution in [3.63, 3.8) is 0 Å². The lowest BCUT2D eigenvalue weighted by Crippen LogP contribution is -2.22. The molecule has 3 aromatic heterocycles. The predicted molar refractivity (Wildman–Crippen MR) is 104 cm³/mol. The average molecular weight is 413 g/mol. The minimum absolute atomic E-state index is 0.0513. The number of nitrogens with zero attached hydrogens (tertiary/aromatic N) is 2. The minimum Gasteiger partial charge on any atom is -0.449 e. The number of amides is 1. The van der Waals surface area contributed by atoms with E-state index in [2.05, 4.69) is 15.3 Å². The molecule has 142 valence electrons. The molecule has 3 heterocycles. The van der Waals surface area contributed by atoms with E-state index in [1.165, 1.54) is 28.8 Å². The number of hydrogen-bond acceptors (Lipinski definition) is 7. The third kappa shape index (κ3) is 3.54. The first-order valence-electron chi connectivity index (χ1n) is 8.31. The fourth-order valence-electron chi connectivity index (χ4n) is 2.64. The van der Waals surface area contributed by atoms with Gasteiger partial charge in [-0.25, -0.2) is 13.4 Å². The zero-order chi connectivity index (χ0) is 19.7. The second-order valence-electron chi connectivity index (χ2n) is 6.06. The fourth-order valence-corrected chi connectivity index (χ4v) is 4.82. The second kappa shape index (κ2) is 7.17. The largest absolute Gasteiger partial charge is 0.449 e. The molecule has 9 heteroatoms. The Hall–Kier alpha value is -3.04. The van der Waals surface area contributed by atoms with Gasteiger partial charge in [0.15, 0.2) is 16.4 Å². The second-order valence-corrected chi connectivity index (χ2v) is 9.02. The molecule has 0 spiro atoms. The monoisotopic (exact) mass is 413 g/mol. The number of carbonyl (C=O) groups is 1. The summed E-state index contributed by atoms with van der Waals surface area (Å²) in [6, 6.07) is 9.76. The topological polar surface area (TPSA) is 102 Å². The molecule has 0 unspecified atom stereocenters. The van der Waals surface area contributed by atoms with Gasteiger partial charge in [-0.1, -0.05) is 12.1 Å².